The first kappa shape index (κ1) is 22.0. The number of benzene rings is 2. The van der Waals surface area contributed by atoms with Crippen molar-refractivity contribution < 1.29 is 4.74 Å². The maximum atomic E-state index is 5.89. The van der Waals surface area contributed by atoms with Crippen LogP contribution in [-0.4, -0.2) is 57.3 Å². The van der Waals surface area contributed by atoms with Gasteiger partial charge in [-0.1, -0.05) is 24.3 Å². The van der Waals surface area contributed by atoms with Gasteiger partial charge in [0.25, 0.3) is 0 Å². The minimum atomic E-state index is 0.616. The number of aromatic nitrogens is 5. The van der Waals surface area contributed by atoms with Crippen LogP contribution in [0.2, 0.25) is 0 Å². The zero-order chi connectivity index (χ0) is 24.5. The first-order chi connectivity index (χ1) is 17.7. The number of pyridine rings is 2. The molecule has 4 heterocycles. The van der Waals surface area contributed by atoms with Crippen molar-refractivity contribution in [3.8, 4) is 39.4 Å². The smallest absolute Gasteiger partial charge is 0.138 e. The highest BCUT2D eigenvalue weighted by Gasteiger charge is 2.14. The Labute approximate surface area is 208 Å². The van der Waals surface area contributed by atoms with Crippen molar-refractivity contribution in [2.45, 2.75) is 0 Å². The summed E-state index contributed by atoms with van der Waals surface area (Å²) >= 11 is 0. The summed E-state index contributed by atoms with van der Waals surface area (Å²) in [6.07, 6.45) is 7.30. The fourth-order valence-corrected chi connectivity index (χ4v) is 4.46. The highest BCUT2D eigenvalue weighted by Crippen LogP contribution is 2.35. The lowest BCUT2D eigenvalue weighted by Crippen LogP contribution is -2.19. The predicted octanol–water partition coefficient (Wildman–Crippen LogP) is 5.78. The van der Waals surface area contributed by atoms with Crippen LogP contribution in [-0.2, 0) is 0 Å². The fraction of sp³-hybridized carbons (Fsp3) is 0.138. The van der Waals surface area contributed by atoms with Gasteiger partial charge in [-0.25, -0.2) is 0 Å². The van der Waals surface area contributed by atoms with E-state index in [1.165, 1.54) is 0 Å². The van der Waals surface area contributed by atoms with E-state index in [2.05, 4.69) is 78.6 Å². The number of fused-ring (bicyclic) bond motifs is 2. The van der Waals surface area contributed by atoms with Gasteiger partial charge < -0.3 is 14.6 Å². The molecule has 6 rings (SSSR count). The maximum Gasteiger partial charge on any atom is 0.138 e. The zero-order valence-electron chi connectivity index (χ0n) is 20.2. The van der Waals surface area contributed by atoms with E-state index in [1.54, 1.807) is 12.4 Å². The highest BCUT2D eigenvalue weighted by atomic mass is 16.5. The summed E-state index contributed by atoms with van der Waals surface area (Å²) < 4.78 is 5.89. The number of nitrogens with zero attached hydrogens (tertiary/aromatic N) is 4. The van der Waals surface area contributed by atoms with E-state index in [4.69, 9.17) is 4.74 Å². The second kappa shape index (κ2) is 9.28. The van der Waals surface area contributed by atoms with Gasteiger partial charge in [-0.2, -0.15) is 5.10 Å². The Balaban J connectivity index is 1.38. The van der Waals surface area contributed by atoms with Crippen LogP contribution in [0, 0.1) is 0 Å². The molecule has 0 spiro atoms. The Bertz CT molecular complexity index is 1650. The quantitative estimate of drug-likeness (QED) is 0.307. The van der Waals surface area contributed by atoms with Gasteiger partial charge in [-0.3, -0.25) is 15.1 Å². The molecule has 0 aliphatic heterocycles. The molecule has 0 bridgehead atoms. The van der Waals surface area contributed by atoms with Crippen molar-refractivity contribution >= 4 is 21.8 Å². The molecule has 4 aromatic heterocycles. The van der Waals surface area contributed by atoms with Crippen molar-refractivity contribution in [2.24, 2.45) is 0 Å². The van der Waals surface area contributed by atoms with Gasteiger partial charge in [0.05, 0.1) is 17.4 Å². The lowest BCUT2D eigenvalue weighted by atomic mass is 10.0. The minimum Gasteiger partial charge on any atom is -0.491 e. The standard InChI is InChI=1S/C29H26N6O/c1-35(2)11-12-36-22-13-21(17-31-18-22)19-8-9-27-25(14-19)29(34-33-27)28-15-24-23(6-3-7-26(24)32-28)20-5-4-10-30-16-20/h3-10,13-18,32H,11-12H2,1-2H3,(H,33,34). The summed E-state index contributed by atoms with van der Waals surface area (Å²) in [5.41, 5.74) is 8.17. The second-order valence-electron chi connectivity index (χ2n) is 9.09. The van der Waals surface area contributed by atoms with E-state index >= 15 is 0 Å². The molecule has 2 N–H and O–H groups in total. The number of hydrogen-bond acceptors (Lipinski definition) is 5. The van der Waals surface area contributed by atoms with Crippen LogP contribution in [0.25, 0.3) is 55.4 Å². The summed E-state index contributed by atoms with van der Waals surface area (Å²) in [6, 6.07) is 20.8. The number of rotatable bonds is 7. The van der Waals surface area contributed by atoms with E-state index in [9.17, 15) is 0 Å². The first-order valence-electron chi connectivity index (χ1n) is 11.9. The average Bonchev–Trinajstić information content (AvgIpc) is 3.53. The van der Waals surface area contributed by atoms with Gasteiger partial charge in [0.2, 0.25) is 0 Å². The molecule has 0 atom stereocenters. The molecule has 0 radical (unpaired) electrons. The number of aromatic amines is 2. The van der Waals surface area contributed by atoms with Gasteiger partial charge in [-0.05, 0) is 61.6 Å². The van der Waals surface area contributed by atoms with Crippen LogP contribution in [0.5, 0.6) is 5.75 Å². The van der Waals surface area contributed by atoms with Gasteiger partial charge in [0, 0.05) is 52.6 Å². The summed E-state index contributed by atoms with van der Waals surface area (Å²) in [4.78, 5) is 14.3. The van der Waals surface area contributed by atoms with Crippen LogP contribution in [0.3, 0.4) is 0 Å². The van der Waals surface area contributed by atoms with Crippen LogP contribution in [0.1, 0.15) is 0 Å². The van der Waals surface area contributed by atoms with E-state index in [-0.39, 0.29) is 0 Å². The van der Waals surface area contributed by atoms with Crippen LogP contribution in [0.15, 0.2) is 85.5 Å². The average molecular weight is 475 g/mol. The topological polar surface area (TPSA) is 82.7 Å². The molecule has 7 heteroatoms. The Morgan fingerprint density at radius 2 is 1.72 bits per heavy atom. The summed E-state index contributed by atoms with van der Waals surface area (Å²) in [5.74, 6) is 0.764. The number of nitrogens with one attached hydrogen (secondary N) is 2. The van der Waals surface area contributed by atoms with Gasteiger partial charge >= 0.3 is 0 Å². The molecule has 7 nitrogen and oxygen atoms in total. The summed E-state index contributed by atoms with van der Waals surface area (Å²) in [7, 11) is 4.06. The van der Waals surface area contributed by atoms with Crippen molar-refractivity contribution in [1.29, 1.82) is 0 Å². The summed E-state index contributed by atoms with van der Waals surface area (Å²) in [6.45, 7) is 1.46. The van der Waals surface area contributed by atoms with Crippen LogP contribution < -0.4 is 4.74 Å². The predicted molar refractivity (Wildman–Crippen MR) is 144 cm³/mol. The normalized spacial score (nSPS) is 11.5. The van der Waals surface area contributed by atoms with Crippen molar-refractivity contribution in [1.82, 2.24) is 30.0 Å². The SMILES string of the molecule is CN(C)CCOc1cncc(-c2ccc3[nH]nc(-c4cc5c(-c6cccnc6)cccc5[nH]4)c3c2)c1. The zero-order valence-corrected chi connectivity index (χ0v) is 20.2. The number of H-pyrrole nitrogens is 2. The molecule has 36 heavy (non-hydrogen) atoms. The highest BCUT2D eigenvalue weighted by molar-refractivity contribution is 6.01. The third kappa shape index (κ3) is 4.21. The van der Waals surface area contributed by atoms with Crippen molar-refractivity contribution in [3.63, 3.8) is 0 Å². The summed E-state index contributed by atoms with van der Waals surface area (Å²) in [5, 5.41) is 10.0. The molecule has 0 fully saturated rings. The molecule has 0 amide bonds. The molecule has 0 aliphatic carbocycles. The first-order valence-corrected chi connectivity index (χ1v) is 11.9. The molecule has 0 saturated heterocycles. The molecular formula is C29H26N6O. The van der Waals surface area contributed by atoms with Crippen LogP contribution >= 0.6 is 0 Å². The fourth-order valence-electron chi connectivity index (χ4n) is 4.46. The molecule has 0 unspecified atom stereocenters. The Morgan fingerprint density at radius 3 is 2.58 bits per heavy atom. The van der Waals surface area contributed by atoms with E-state index < -0.39 is 0 Å². The Hall–Kier alpha value is -4.49. The van der Waals surface area contributed by atoms with Crippen LogP contribution in [0.4, 0.5) is 0 Å². The minimum absolute atomic E-state index is 0.616. The largest absolute Gasteiger partial charge is 0.491 e. The van der Waals surface area contributed by atoms with Crippen molar-refractivity contribution in [3.05, 3.63) is 85.5 Å². The molecule has 0 aliphatic rings. The molecule has 0 saturated carbocycles. The van der Waals surface area contributed by atoms with E-state index in [0.717, 1.165) is 67.7 Å². The number of ether oxygens (including phenoxy) is 1. The Morgan fingerprint density at radius 1 is 0.806 bits per heavy atom. The third-order valence-electron chi connectivity index (χ3n) is 6.31. The lowest BCUT2D eigenvalue weighted by molar-refractivity contribution is 0.261. The number of likely N-dealkylation sites (N-methyl/N-ethyl adjacent to an activating group) is 1. The molecular weight excluding hydrogens is 448 g/mol. The third-order valence-corrected chi connectivity index (χ3v) is 6.31. The lowest BCUT2D eigenvalue weighted by Gasteiger charge is -2.11. The van der Waals surface area contributed by atoms with Gasteiger partial charge in [-0.15, -0.1) is 0 Å². The molecule has 178 valence electrons. The molecule has 6 aromatic rings. The Kier molecular flexibility index (Phi) is 5.67. The maximum absolute atomic E-state index is 5.89. The molecule has 2 aromatic carbocycles. The van der Waals surface area contributed by atoms with Gasteiger partial charge in [0.1, 0.15) is 18.1 Å². The number of hydrogen-bond donors (Lipinski definition) is 2. The van der Waals surface area contributed by atoms with Gasteiger partial charge in [0.15, 0.2) is 0 Å². The van der Waals surface area contributed by atoms with E-state index in [1.807, 2.05) is 38.6 Å². The van der Waals surface area contributed by atoms with Crippen molar-refractivity contribution in [2.75, 3.05) is 27.2 Å². The van der Waals surface area contributed by atoms with E-state index in [0.29, 0.717) is 6.61 Å². The second-order valence-corrected chi connectivity index (χ2v) is 9.09. The monoisotopic (exact) mass is 474 g/mol.